The molecule has 5 nitrogen and oxygen atoms in total. The van der Waals surface area contributed by atoms with E-state index < -0.39 is 0 Å². The fourth-order valence-electron chi connectivity index (χ4n) is 2.20. The van der Waals surface area contributed by atoms with E-state index in [1.807, 2.05) is 24.0 Å². The number of carbonyl (C=O) groups excluding carboxylic acids is 1. The predicted molar refractivity (Wildman–Crippen MR) is 85.7 cm³/mol. The molecule has 114 valence electrons. The molecular weight excluding hydrogens is 264 g/mol. The molecule has 0 saturated carbocycles. The summed E-state index contributed by atoms with van der Waals surface area (Å²) in [7, 11) is 0. The summed E-state index contributed by atoms with van der Waals surface area (Å²) in [6, 6.07) is 7.66. The summed E-state index contributed by atoms with van der Waals surface area (Å²) in [6.45, 7) is 7.76. The largest absolute Gasteiger partial charge is 0.397 e. The van der Waals surface area contributed by atoms with E-state index >= 15 is 0 Å². The molecule has 0 aliphatic rings. The first-order valence-corrected chi connectivity index (χ1v) is 7.18. The Morgan fingerprint density at radius 2 is 2.19 bits per heavy atom. The number of para-hydroxylation sites is 1. The van der Waals surface area contributed by atoms with Crippen molar-refractivity contribution in [2.45, 2.75) is 27.2 Å². The SMILES string of the molecule is Cc1cccc(N)c1NC(=O)CN(CCC#N)CC(C)C. The first-order chi connectivity index (χ1) is 9.93. The molecule has 0 aliphatic carbocycles. The topological polar surface area (TPSA) is 82.2 Å². The summed E-state index contributed by atoms with van der Waals surface area (Å²) in [5, 5.41) is 11.6. The lowest BCUT2D eigenvalue weighted by Gasteiger charge is -2.23. The van der Waals surface area contributed by atoms with Crippen molar-refractivity contribution in [3.05, 3.63) is 23.8 Å². The Kier molecular flexibility index (Phi) is 6.70. The van der Waals surface area contributed by atoms with Crippen LogP contribution in [0, 0.1) is 24.2 Å². The number of nitrogens with zero attached hydrogens (tertiary/aromatic N) is 2. The van der Waals surface area contributed by atoms with Gasteiger partial charge in [0.05, 0.1) is 24.0 Å². The molecule has 0 aliphatic heterocycles. The van der Waals surface area contributed by atoms with E-state index in [9.17, 15) is 4.79 Å². The van der Waals surface area contributed by atoms with Gasteiger partial charge in [0.15, 0.2) is 0 Å². The number of rotatable bonds is 7. The van der Waals surface area contributed by atoms with E-state index in [2.05, 4.69) is 25.2 Å². The van der Waals surface area contributed by atoms with E-state index in [1.54, 1.807) is 6.07 Å². The average Bonchev–Trinajstić information content (AvgIpc) is 2.40. The lowest BCUT2D eigenvalue weighted by atomic mass is 10.1. The molecule has 0 aromatic heterocycles. The highest BCUT2D eigenvalue weighted by Crippen LogP contribution is 2.22. The molecule has 5 heteroatoms. The van der Waals surface area contributed by atoms with Gasteiger partial charge in [-0.2, -0.15) is 5.26 Å². The van der Waals surface area contributed by atoms with Crippen molar-refractivity contribution >= 4 is 17.3 Å². The summed E-state index contributed by atoms with van der Waals surface area (Å²) in [6.07, 6.45) is 0.423. The van der Waals surface area contributed by atoms with Crippen LogP contribution >= 0.6 is 0 Å². The summed E-state index contributed by atoms with van der Waals surface area (Å²) >= 11 is 0. The van der Waals surface area contributed by atoms with Crippen molar-refractivity contribution < 1.29 is 4.79 Å². The molecule has 1 aromatic carbocycles. The Bertz CT molecular complexity index is 499. The van der Waals surface area contributed by atoms with Crippen LogP contribution in [0.25, 0.3) is 0 Å². The minimum absolute atomic E-state index is 0.102. The number of hydrogen-bond donors (Lipinski definition) is 2. The fourth-order valence-corrected chi connectivity index (χ4v) is 2.20. The Hall–Kier alpha value is -2.06. The number of anilines is 2. The summed E-state index contributed by atoms with van der Waals surface area (Å²) in [5.74, 6) is 0.342. The van der Waals surface area contributed by atoms with Gasteiger partial charge < -0.3 is 11.1 Å². The first-order valence-electron chi connectivity index (χ1n) is 7.18. The normalized spacial score (nSPS) is 10.7. The van der Waals surface area contributed by atoms with Crippen molar-refractivity contribution in [1.82, 2.24) is 4.90 Å². The molecule has 3 N–H and O–H groups in total. The van der Waals surface area contributed by atoms with Gasteiger partial charge in [-0.25, -0.2) is 0 Å². The lowest BCUT2D eigenvalue weighted by molar-refractivity contribution is -0.117. The highest BCUT2D eigenvalue weighted by atomic mass is 16.2. The zero-order chi connectivity index (χ0) is 15.8. The Morgan fingerprint density at radius 3 is 2.76 bits per heavy atom. The van der Waals surface area contributed by atoms with Crippen LogP contribution < -0.4 is 11.1 Å². The Morgan fingerprint density at radius 1 is 1.48 bits per heavy atom. The van der Waals surface area contributed by atoms with Gasteiger partial charge >= 0.3 is 0 Å². The van der Waals surface area contributed by atoms with Gasteiger partial charge in [-0.05, 0) is 24.5 Å². The van der Waals surface area contributed by atoms with E-state index in [-0.39, 0.29) is 12.5 Å². The molecule has 0 unspecified atom stereocenters. The predicted octanol–water partition coefficient (Wildman–Crippen LogP) is 2.39. The van der Waals surface area contributed by atoms with E-state index in [0.29, 0.717) is 30.3 Å². The highest BCUT2D eigenvalue weighted by Gasteiger charge is 2.14. The van der Waals surface area contributed by atoms with Gasteiger partial charge in [-0.1, -0.05) is 26.0 Å². The van der Waals surface area contributed by atoms with Gasteiger partial charge in [0.1, 0.15) is 0 Å². The molecule has 0 heterocycles. The number of carbonyl (C=O) groups is 1. The van der Waals surface area contributed by atoms with Gasteiger partial charge in [-0.3, -0.25) is 9.69 Å². The van der Waals surface area contributed by atoms with Gasteiger partial charge in [-0.15, -0.1) is 0 Å². The number of nitrogens with two attached hydrogens (primary N) is 1. The van der Waals surface area contributed by atoms with Gasteiger partial charge in [0.25, 0.3) is 0 Å². The average molecular weight is 288 g/mol. The van der Waals surface area contributed by atoms with Crippen molar-refractivity contribution in [2.75, 3.05) is 30.7 Å². The molecule has 0 fully saturated rings. The molecule has 0 atom stereocenters. The monoisotopic (exact) mass is 288 g/mol. The molecular formula is C16H24N4O. The number of nitrogen functional groups attached to an aromatic ring is 1. The van der Waals surface area contributed by atoms with E-state index in [0.717, 1.165) is 12.1 Å². The van der Waals surface area contributed by atoms with E-state index in [4.69, 9.17) is 11.0 Å². The third kappa shape index (κ3) is 5.84. The summed E-state index contributed by atoms with van der Waals surface area (Å²) in [5.41, 5.74) is 8.07. The molecule has 1 aromatic rings. The summed E-state index contributed by atoms with van der Waals surface area (Å²) in [4.78, 5) is 14.2. The van der Waals surface area contributed by atoms with Crippen molar-refractivity contribution in [1.29, 1.82) is 5.26 Å². The molecule has 0 bridgehead atoms. The Labute approximate surface area is 126 Å². The van der Waals surface area contributed by atoms with Crippen LogP contribution in [0.1, 0.15) is 25.8 Å². The summed E-state index contributed by atoms with van der Waals surface area (Å²) < 4.78 is 0. The standard InChI is InChI=1S/C16H24N4O/c1-12(2)10-20(9-5-8-17)11-15(21)19-16-13(3)6-4-7-14(16)18/h4,6-7,12H,5,9-11,18H2,1-3H3,(H,19,21). The third-order valence-electron chi connectivity index (χ3n) is 3.10. The smallest absolute Gasteiger partial charge is 0.238 e. The van der Waals surface area contributed by atoms with Crippen LogP contribution in [0.15, 0.2) is 18.2 Å². The molecule has 0 radical (unpaired) electrons. The molecule has 1 rings (SSSR count). The maximum atomic E-state index is 12.2. The second-order valence-corrected chi connectivity index (χ2v) is 5.62. The number of nitrogens with one attached hydrogen (secondary N) is 1. The zero-order valence-electron chi connectivity index (χ0n) is 13.0. The third-order valence-corrected chi connectivity index (χ3v) is 3.10. The van der Waals surface area contributed by atoms with Crippen LogP contribution in [-0.2, 0) is 4.79 Å². The number of aryl methyl sites for hydroxylation is 1. The van der Waals surface area contributed by atoms with Gasteiger partial charge in [0.2, 0.25) is 5.91 Å². The van der Waals surface area contributed by atoms with Crippen molar-refractivity contribution in [2.24, 2.45) is 5.92 Å². The van der Waals surface area contributed by atoms with Crippen LogP contribution in [0.5, 0.6) is 0 Å². The van der Waals surface area contributed by atoms with Crippen LogP contribution in [-0.4, -0.2) is 30.4 Å². The zero-order valence-corrected chi connectivity index (χ0v) is 13.0. The maximum absolute atomic E-state index is 12.2. The second kappa shape index (κ2) is 8.28. The highest BCUT2D eigenvalue weighted by molar-refractivity contribution is 5.96. The minimum Gasteiger partial charge on any atom is -0.397 e. The molecule has 0 spiro atoms. The van der Waals surface area contributed by atoms with Crippen LogP contribution in [0.4, 0.5) is 11.4 Å². The molecule has 1 amide bonds. The Balaban J connectivity index is 2.67. The number of nitriles is 1. The van der Waals surface area contributed by atoms with Gasteiger partial charge in [0, 0.05) is 19.5 Å². The lowest BCUT2D eigenvalue weighted by Crippen LogP contribution is -2.36. The quantitative estimate of drug-likeness (QED) is 0.755. The minimum atomic E-state index is -0.102. The molecule has 0 saturated heterocycles. The second-order valence-electron chi connectivity index (χ2n) is 5.62. The van der Waals surface area contributed by atoms with Crippen molar-refractivity contribution in [3.8, 4) is 6.07 Å². The first kappa shape index (κ1) is 17.0. The van der Waals surface area contributed by atoms with E-state index in [1.165, 1.54) is 0 Å². The van der Waals surface area contributed by atoms with Crippen LogP contribution in [0.2, 0.25) is 0 Å². The maximum Gasteiger partial charge on any atom is 0.238 e. The number of benzene rings is 1. The number of hydrogen-bond acceptors (Lipinski definition) is 4. The van der Waals surface area contributed by atoms with Crippen LogP contribution in [0.3, 0.4) is 0 Å². The van der Waals surface area contributed by atoms with Crippen molar-refractivity contribution in [3.63, 3.8) is 0 Å². The number of amides is 1. The fraction of sp³-hybridized carbons (Fsp3) is 0.500. The molecule has 21 heavy (non-hydrogen) atoms.